The van der Waals surface area contributed by atoms with Crippen LogP contribution in [0.3, 0.4) is 0 Å². The van der Waals surface area contributed by atoms with Crippen LogP contribution in [-0.4, -0.2) is 55.8 Å². The van der Waals surface area contributed by atoms with Crippen LogP contribution in [0.2, 0.25) is 0 Å². The number of piperidine rings is 2. The van der Waals surface area contributed by atoms with Crippen molar-refractivity contribution >= 4 is 11.4 Å². The van der Waals surface area contributed by atoms with E-state index in [1.807, 2.05) is 0 Å². The SMILES string of the molecule is CN1C(C)(C)CC(=NN=C2CC(C)(C)N(O)C(C)(C)C2)CC1(C)C. The molecule has 0 amide bonds. The van der Waals surface area contributed by atoms with Crippen molar-refractivity contribution < 1.29 is 5.21 Å². The van der Waals surface area contributed by atoms with Gasteiger partial charge in [0, 0.05) is 59.3 Å². The number of hydrogen-bond donors (Lipinski definition) is 1. The fourth-order valence-electron chi connectivity index (χ4n) is 4.43. The molecular weight excluding hydrogens is 300 g/mol. The predicted octanol–water partition coefficient (Wildman–Crippen LogP) is 4.11. The molecule has 0 aromatic heterocycles. The number of rotatable bonds is 1. The second-order valence-electron chi connectivity index (χ2n) is 10.2. The number of hydrogen-bond acceptors (Lipinski definition) is 5. The van der Waals surface area contributed by atoms with E-state index < -0.39 is 0 Å². The van der Waals surface area contributed by atoms with Crippen molar-refractivity contribution in [2.75, 3.05) is 7.05 Å². The Morgan fingerprint density at radius 3 is 1.29 bits per heavy atom. The third-order valence-corrected chi connectivity index (χ3v) is 5.84. The second kappa shape index (κ2) is 5.89. The Hall–Kier alpha value is -0.780. The van der Waals surface area contributed by atoms with Gasteiger partial charge in [0.1, 0.15) is 0 Å². The Kier molecular flexibility index (Phi) is 4.80. The topological polar surface area (TPSA) is 51.4 Å². The Bertz CT molecular complexity index is 468. The van der Waals surface area contributed by atoms with Crippen LogP contribution in [0.25, 0.3) is 0 Å². The first-order chi connectivity index (χ1) is 10.7. The molecule has 138 valence electrons. The van der Waals surface area contributed by atoms with Crippen LogP contribution in [0.15, 0.2) is 10.2 Å². The molecular formula is C19H36N4O. The zero-order chi connectivity index (χ0) is 18.6. The van der Waals surface area contributed by atoms with Gasteiger partial charge in [0.25, 0.3) is 0 Å². The minimum Gasteiger partial charge on any atom is -0.313 e. The highest BCUT2D eigenvalue weighted by Gasteiger charge is 2.44. The van der Waals surface area contributed by atoms with Gasteiger partial charge < -0.3 is 5.21 Å². The predicted molar refractivity (Wildman–Crippen MR) is 101 cm³/mol. The van der Waals surface area contributed by atoms with Crippen molar-refractivity contribution in [1.29, 1.82) is 0 Å². The van der Waals surface area contributed by atoms with Gasteiger partial charge in [-0.3, -0.25) is 4.90 Å². The lowest BCUT2D eigenvalue weighted by molar-refractivity contribution is -0.226. The third-order valence-electron chi connectivity index (χ3n) is 5.84. The van der Waals surface area contributed by atoms with Crippen molar-refractivity contribution in [2.24, 2.45) is 10.2 Å². The second-order valence-corrected chi connectivity index (χ2v) is 10.2. The van der Waals surface area contributed by atoms with E-state index in [0.29, 0.717) is 0 Å². The van der Waals surface area contributed by atoms with E-state index in [-0.39, 0.29) is 22.2 Å². The molecule has 0 atom stereocenters. The van der Waals surface area contributed by atoms with E-state index in [0.717, 1.165) is 31.4 Å². The molecule has 24 heavy (non-hydrogen) atoms. The molecule has 5 heteroatoms. The maximum atomic E-state index is 10.4. The van der Waals surface area contributed by atoms with Gasteiger partial charge >= 0.3 is 0 Å². The molecule has 0 aromatic carbocycles. The highest BCUT2D eigenvalue weighted by atomic mass is 16.5. The minimum atomic E-state index is -0.313. The summed E-state index contributed by atoms with van der Waals surface area (Å²) in [6.07, 6.45) is 3.39. The maximum Gasteiger partial charge on any atom is 0.0463 e. The number of nitrogens with zero attached hydrogens (tertiary/aromatic N) is 4. The van der Waals surface area contributed by atoms with Gasteiger partial charge in [-0.15, -0.1) is 0 Å². The molecule has 0 saturated carbocycles. The smallest absolute Gasteiger partial charge is 0.0463 e. The normalized spacial score (nSPS) is 29.4. The molecule has 0 bridgehead atoms. The maximum absolute atomic E-state index is 10.4. The molecule has 2 saturated heterocycles. The molecule has 5 nitrogen and oxygen atoms in total. The molecule has 2 aliphatic heterocycles. The van der Waals surface area contributed by atoms with E-state index >= 15 is 0 Å². The summed E-state index contributed by atoms with van der Waals surface area (Å²) in [5, 5.41) is 21.2. The Morgan fingerprint density at radius 1 is 0.667 bits per heavy atom. The fraction of sp³-hybridized carbons (Fsp3) is 0.895. The first-order valence-electron chi connectivity index (χ1n) is 9.02. The Morgan fingerprint density at radius 2 is 0.958 bits per heavy atom. The third kappa shape index (κ3) is 3.73. The van der Waals surface area contributed by atoms with Crippen LogP contribution in [0.1, 0.15) is 81.1 Å². The molecule has 0 aromatic rings. The van der Waals surface area contributed by atoms with Crippen molar-refractivity contribution in [3.8, 4) is 0 Å². The van der Waals surface area contributed by atoms with Crippen LogP contribution >= 0.6 is 0 Å². The molecule has 0 radical (unpaired) electrons. The lowest BCUT2D eigenvalue weighted by Crippen LogP contribution is -2.59. The highest BCUT2D eigenvalue weighted by Crippen LogP contribution is 2.37. The van der Waals surface area contributed by atoms with E-state index in [1.165, 1.54) is 10.8 Å². The summed E-state index contributed by atoms with van der Waals surface area (Å²) in [4.78, 5) is 2.45. The van der Waals surface area contributed by atoms with E-state index in [9.17, 15) is 5.21 Å². The molecule has 0 aliphatic carbocycles. The van der Waals surface area contributed by atoms with Gasteiger partial charge in [-0.25, -0.2) is 0 Å². The zero-order valence-electron chi connectivity index (χ0n) is 17.1. The molecule has 0 spiro atoms. The molecule has 2 heterocycles. The van der Waals surface area contributed by atoms with E-state index in [1.54, 1.807) is 0 Å². The Balaban J connectivity index is 2.24. The van der Waals surface area contributed by atoms with Gasteiger partial charge in [0.15, 0.2) is 0 Å². The minimum absolute atomic E-state index is 0.0910. The summed E-state index contributed by atoms with van der Waals surface area (Å²) < 4.78 is 0. The molecule has 0 unspecified atom stereocenters. The van der Waals surface area contributed by atoms with Crippen LogP contribution in [0.5, 0.6) is 0 Å². The summed E-state index contributed by atoms with van der Waals surface area (Å²) >= 11 is 0. The average Bonchev–Trinajstić information content (AvgIpc) is 2.38. The average molecular weight is 337 g/mol. The molecule has 2 rings (SSSR count). The van der Waals surface area contributed by atoms with Crippen molar-refractivity contribution in [3.05, 3.63) is 0 Å². The quantitative estimate of drug-likeness (QED) is 0.733. The van der Waals surface area contributed by atoms with Crippen LogP contribution in [0, 0.1) is 0 Å². The largest absolute Gasteiger partial charge is 0.313 e. The number of likely N-dealkylation sites (tertiary alicyclic amines) is 1. The summed E-state index contributed by atoms with van der Waals surface area (Å²) in [6, 6.07) is 0. The van der Waals surface area contributed by atoms with Crippen molar-refractivity contribution in [2.45, 2.75) is 103 Å². The van der Waals surface area contributed by atoms with Gasteiger partial charge in [-0.2, -0.15) is 15.3 Å². The fourth-order valence-corrected chi connectivity index (χ4v) is 4.43. The lowest BCUT2D eigenvalue weighted by atomic mass is 9.79. The lowest BCUT2D eigenvalue weighted by Gasteiger charge is -2.51. The van der Waals surface area contributed by atoms with Gasteiger partial charge in [0.05, 0.1) is 0 Å². The molecule has 2 fully saturated rings. The summed E-state index contributed by atoms with van der Waals surface area (Å²) in [7, 11) is 2.20. The summed E-state index contributed by atoms with van der Waals surface area (Å²) in [5.74, 6) is 0. The van der Waals surface area contributed by atoms with Crippen LogP contribution in [-0.2, 0) is 0 Å². The zero-order valence-corrected chi connectivity index (χ0v) is 17.1. The van der Waals surface area contributed by atoms with Crippen LogP contribution < -0.4 is 0 Å². The van der Waals surface area contributed by atoms with Crippen molar-refractivity contribution in [1.82, 2.24) is 9.96 Å². The number of hydroxylamine groups is 2. The van der Waals surface area contributed by atoms with Gasteiger partial charge in [-0.05, 0) is 62.4 Å². The van der Waals surface area contributed by atoms with Crippen LogP contribution in [0.4, 0.5) is 0 Å². The van der Waals surface area contributed by atoms with E-state index in [4.69, 9.17) is 0 Å². The van der Waals surface area contributed by atoms with E-state index in [2.05, 4.69) is 77.5 Å². The highest BCUT2D eigenvalue weighted by molar-refractivity contribution is 5.90. The monoisotopic (exact) mass is 336 g/mol. The molecule has 1 N–H and O–H groups in total. The van der Waals surface area contributed by atoms with Gasteiger partial charge in [0.2, 0.25) is 0 Å². The summed E-state index contributed by atoms with van der Waals surface area (Å²) in [6.45, 7) is 17.3. The summed E-state index contributed by atoms with van der Waals surface area (Å²) in [5.41, 5.74) is 1.81. The first-order valence-corrected chi connectivity index (χ1v) is 9.02. The van der Waals surface area contributed by atoms with Gasteiger partial charge in [-0.1, -0.05) is 0 Å². The van der Waals surface area contributed by atoms with Crippen molar-refractivity contribution in [3.63, 3.8) is 0 Å². The molecule has 2 aliphatic rings. The Labute approximate surface area is 147 Å². The first kappa shape index (κ1) is 19.5. The standard InChI is InChI=1S/C19H36N4O/c1-16(2)10-14(11-17(3,4)22(16)9)20-21-15-12-18(5,6)23(24)19(7,8)13-15/h24H,10-13H2,1-9H3.